The van der Waals surface area contributed by atoms with Crippen LogP contribution in [0.25, 0.3) is 0 Å². The number of nitrogen functional groups attached to an aromatic ring is 1. The van der Waals surface area contributed by atoms with Crippen molar-refractivity contribution >= 4 is 29.0 Å². The number of carbonyl (C=O) groups excluding carboxylic acids is 1. The Morgan fingerprint density at radius 1 is 1.47 bits per heavy atom. The average Bonchev–Trinajstić information content (AvgIpc) is 2.83. The molecule has 1 heterocycles. The van der Waals surface area contributed by atoms with Crippen LogP contribution in [0.2, 0.25) is 0 Å². The van der Waals surface area contributed by atoms with Gasteiger partial charge in [-0.05, 0) is 43.2 Å². The summed E-state index contributed by atoms with van der Waals surface area (Å²) in [5, 5.41) is 2.98. The number of thioether (sulfide) groups is 1. The third-order valence-electron chi connectivity index (χ3n) is 3.32. The van der Waals surface area contributed by atoms with E-state index in [2.05, 4.69) is 5.32 Å². The van der Waals surface area contributed by atoms with Crippen LogP contribution in [0.5, 0.6) is 0 Å². The Kier molecular flexibility index (Phi) is 3.62. The number of benzene rings is 1. The molecule has 0 saturated carbocycles. The molecule has 3 nitrogen and oxygen atoms in total. The molecule has 0 aromatic heterocycles. The fourth-order valence-electron chi connectivity index (χ4n) is 1.97. The molecule has 1 aliphatic heterocycles. The van der Waals surface area contributed by atoms with Crippen LogP contribution in [-0.2, 0) is 4.79 Å². The van der Waals surface area contributed by atoms with Crippen molar-refractivity contribution in [3.8, 4) is 0 Å². The summed E-state index contributed by atoms with van der Waals surface area (Å²) < 4.78 is 0. The molecule has 1 aromatic carbocycles. The molecule has 0 spiro atoms. The second-order valence-corrected chi connectivity index (χ2v) is 5.67. The first-order valence-electron chi connectivity index (χ1n) is 5.84. The number of amides is 1. The first-order valence-corrected chi connectivity index (χ1v) is 6.99. The molecule has 1 unspecified atom stereocenters. The zero-order valence-electron chi connectivity index (χ0n) is 10.2. The van der Waals surface area contributed by atoms with Gasteiger partial charge < -0.3 is 11.1 Å². The zero-order chi connectivity index (χ0) is 12.4. The lowest BCUT2D eigenvalue weighted by molar-refractivity contribution is -0.119. The molecule has 1 aromatic rings. The predicted octanol–water partition coefficient (Wildman–Crippen LogP) is 2.58. The Morgan fingerprint density at radius 3 is 2.88 bits per heavy atom. The second-order valence-electron chi connectivity index (χ2n) is 4.52. The Bertz CT molecular complexity index is 439. The quantitative estimate of drug-likeness (QED) is 0.793. The van der Waals surface area contributed by atoms with Gasteiger partial charge in [0.2, 0.25) is 5.91 Å². The van der Waals surface area contributed by atoms with Crippen LogP contribution in [-0.4, -0.2) is 17.4 Å². The van der Waals surface area contributed by atoms with Crippen LogP contribution < -0.4 is 11.1 Å². The third kappa shape index (κ3) is 2.57. The summed E-state index contributed by atoms with van der Waals surface area (Å²) >= 11 is 1.84. The first kappa shape index (κ1) is 12.3. The van der Waals surface area contributed by atoms with Gasteiger partial charge in [-0.25, -0.2) is 0 Å². The van der Waals surface area contributed by atoms with E-state index in [1.807, 2.05) is 37.7 Å². The number of anilines is 2. The number of carbonyl (C=O) groups is 1. The summed E-state index contributed by atoms with van der Waals surface area (Å²) in [4.78, 5) is 12.1. The van der Waals surface area contributed by atoms with Gasteiger partial charge in [0.25, 0.3) is 0 Å². The van der Waals surface area contributed by atoms with E-state index in [-0.39, 0.29) is 11.8 Å². The minimum absolute atomic E-state index is 0.107. The summed E-state index contributed by atoms with van der Waals surface area (Å²) in [6.45, 7) is 4.01. The van der Waals surface area contributed by atoms with Crippen LogP contribution >= 0.6 is 11.8 Å². The van der Waals surface area contributed by atoms with Crippen LogP contribution in [0.3, 0.4) is 0 Å². The average molecular weight is 250 g/mol. The molecule has 0 radical (unpaired) electrons. The van der Waals surface area contributed by atoms with Crippen molar-refractivity contribution in [1.29, 1.82) is 0 Å². The largest absolute Gasteiger partial charge is 0.397 e. The van der Waals surface area contributed by atoms with E-state index in [9.17, 15) is 4.79 Å². The summed E-state index contributed by atoms with van der Waals surface area (Å²) in [5.74, 6) is 2.26. The molecule has 17 heavy (non-hydrogen) atoms. The van der Waals surface area contributed by atoms with Crippen LogP contribution in [0.1, 0.15) is 17.5 Å². The molecule has 1 saturated heterocycles. The summed E-state index contributed by atoms with van der Waals surface area (Å²) in [7, 11) is 0. The van der Waals surface area contributed by atoms with Gasteiger partial charge in [0.15, 0.2) is 0 Å². The molecular weight excluding hydrogens is 232 g/mol. The fourth-order valence-corrected chi connectivity index (χ4v) is 3.19. The molecule has 1 fully saturated rings. The van der Waals surface area contributed by atoms with Crippen molar-refractivity contribution in [3.05, 3.63) is 23.3 Å². The van der Waals surface area contributed by atoms with E-state index in [1.54, 1.807) is 0 Å². The Hall–Kier alpha value is -1.16. The Balaban J connectivity index is 2.17. The van der Waals surface area contributed by atoms with E-state index < -0.39 is 0 Å². The summed E-state index contributed by atoms with van der Waals surface area (Å²) in [6, 6.07) is 3.83. The summed E-state index contributed by atoms with van der Waals surface area (Å²) in [6.07, 6.45) is 0.973. The van der Waals surface area contributed by atoms with Crippen molar-refractivity contribution in [1.82, 2.24) is 0 Å². The highest BCUT2D eigenvalue weighted by atomic mass is 32.2. The fraction of sp³-hybridized carbons (Fsp3) is 0.462. The third-order valence-corrected chi connectivity index (χ3v) is 4.48. The first-order chi connectivity index (χ1) is 8.09. The highest BCUT2D eigenvalue weighted by Gasteiger charge is 2.24. The SMILES string of the molecule is Cc1ccc(N)c(NC(=O)C2CCSC2)c1C. The normalized spacial score (nSPS) is 19.3. The van der Waals surface area contributed by atoms with Gasteiger partial charge in [-0.15, -0.1) is 0 Å². The number of nitrogens with two attached hydrogens (primary N) is 1. The molecule has 3 N–H and O–H groups in total. The van der Waals surface area contributed by atoms with Gasteiger partial charge in [-0.3, -0.25) is 4.79 Å². The monoisotopic (exact) mass is 250 g/mol. The molecule has 4 heteroatoms. The number of hydrogen-bond acceptors (Lipinski definition) is 3. The minimum Gasteiger partial charge on any atom is -0.397 e. The van der Waals surface area contributed by atoms with Gasteiger partial charge in [-0.2, -0.15) is 11.8 Å². The lowest BCUT2D eigenvalue weighted by Crippen LogP contribution is -2.23. The lowest BCUT2D eigenvalue weighted by Gasteiger charge is -2.15. The summed E-state index contributed by atoms with van der Waals surface area (Å²) in [5.41, 5.74) is 9.55. The Morgan fingerprint density at radius 2 is 2.24 bits per heavy atom. The van der Waals surface area contributed by atoms with E-state index >= 15 is 0 Å². The van der Waals surface area contributed by atoms with E-state index in [0.29, 0.717) is 5.69 Å². The maximum atomic E-state index is 12.1. The molecule has 0 aliphatic carbocycles. The number of rotatable bonds is 2. The highest BCUT2D eigenvalue weighted by Crippen LogP contribution is 2.29. The van der Waals surface area contributed by atoms with Gasteiger partial charge in [-0.1, -0.05) is 6.07 Å². The van der Waals surface area contributed by atoms with E-state index in [1.165, 1.54) is 0 Å². The standard InChI is InChI=1S/C13H18N2OS/c1-8-3-4-11(14)12(9(8)2)15-13(16)10-5-6-17-7-10/h3-4,10H,5-7,14H2,1-2H3,(H,15,16). The smallest absolute Gasteiger partial charge is 0.228 e. The van der Waals surface area contributed by atoms with Gasteiger partial charge in [0.05, 0.1) is 11.4 Å². The number of aryl methyl sites for hydroxylation is 1. The van der Waals surface area contributed by atoms with Gasteiger partial charge >= 0.3 is 0 Å². The lowest BCUT2D eigenvalue weighted by atomic mass is 10.0. The van der Waals surface area contributed by atoms with Crippen molar-refractivity contribution in [2.24, 2.45) is 5.92 Å². The maximum Gasteiger partial charge on any atom is 0.228 e. The maximum absolute atomic E-state index is 12.1. The van der Waals surface area contributed by atoms with Crippen LogP contribution in [0.15, 0.2) is 12.1 Å². The Labute approximate surface area is 106 Å². The molecule has 1 aliphatic rings. The van der Waals surface area contributed by atoms with Gasteiger partial charge in [0, 0.05) is 11.7 Å². The molecule has 0 bridgehead atoms. The van der Waals surface area contributed by atoms with Crippen molar-refractivity contribution in [3.63, 3.8) is 0 Å². The molecular formula is C13H18N2OS. The van der Waals surface area contributed by atoms with Crippen LogP contribution in [0, 0.1) is 19.8 Å². The zero-order valence-corrected chi connectivity index (χ0v) is 11.1. The van der Waals surface area contributed by atoms with E-state index in [0.717, 1.165) is 34.7 Å². The molecule has 1 atom stereocenters. The predicted molar refractivity (Wildman–Crippen MR) is 74.4 cm³/mol. The van der Waals surface area contributed by atoms with Gasteiger partial charge in [0.1, 0.15) is 0 Å². The van der Waals surface area contributed by atoms with Crippen molar-refractivity contribution in [2.45, 2.75) is 20.3 Å². The topological polar surface area (TPSA) is 55.1 Å². The highest BCUT2D eigenvalue weighted by molar-refractivity contribution is 7.99. The molecule has 1 amide bonds. The van der Waals surface area contributed by atoms with E-state index in [4.69, 9.17) is 5.73 Å². The van der Waals surface area contributed by atoms with Crippen molar-refractivity contribution < 1.29 is 4.79 Å². The minimum atomic E-state index is 0.107. The number of hydrogen-bond donors (Lipinski definition) is 2. The second kappa shape index (κ2) is 5.00. The number of nitrogens with one attached hydrogen (secondary N) is 1. The molecule has 2 rings (SSSR count). The van der Waals surface area contributed by atoms with Crippen LogP contribution in [0.4, 0.5) is 11.4 Å². The van der Waals surface area contributed by atoms with Crippen molar-refractivity contribution in [2.75, 3.05) is 22.6 Å². The molecule has 92 valence electrons.